The number of halogens is 1. The number of fused-ring (bicyclic) bond motifs is 1. The van der Waals surface area contributed by atoms with Gasteiger partial charge in [0.15, 0.2) is 5.65 Å². The Labute approximate surface area is 185 Å². The van der Waals surface area contributed by atoms with Crippen LogP contribution in [-0.2, 0) is 0 Å². The zero-order chi connectivity index (χ0) is 21.4. The van der Waals surface area contributed by atoms with Crippen LogP contribution in [0.25, 0.3) is 39.1 Å². The van der Waals surface area contributed by atoms with E-state index < -0.39 is 0 Å². The molecule has 0 amide bonds. The topological polar surface area (TPSA) is 54.5 Å². The van der Waals surface area contributed by atoms with Crippen LogP contribution >= 0.6 is 11.6 Å². The molecular formula is C26H17ClN4. The first kappa shape index (κ1) is 19.0. The first-order valence-corrected chi connectivity index (χ1v) is 10.3. The van der Waals surface area contributed by atoms with Crippen molar-refractivity contribution in [3.05, 3.63) is 101 Å². The lowest BCUT2D eigenvalue weighted by Crippen LogP contribution is -2.01. The number of para-hydroxylation sites is 1. The zero-order valence-electron chi connectivity index (χ0n) is 16.7. The summed E-state index contributed by atoms with van der Waals surface area (Å²) in [5.74, 6) is 0. The van der Waals surface area contributed by atoms with E-state index >= 15 is 0 Å². The Morgan fingerprint density at radius 1 is 0.839 bits per heavy atom. The predicted octanol–water partition coefficient (Wildman–Crippen LogP) is 6.59. The van der Waals surface area contributed by atoms with E-state index in [0.29, 0.717) is 21.9 Å². The maximum absolute atomic E-state index is 10.2. The first-order valence-electron chi connectivity index (χ1n) is 9.87. The first-order chi connectivity index (χ1) is 15.2. The second-order valence-corrected chi connectivity index (χ2v) is 7.66. The largest absolute Gasteiger partial charge is 0.226 e. The smallest absolute Gasteiger partial charge is 0.164 e. The molecule has 0 saturated carbocycles. The molecule has 0 saturated heterocycles. The summed E-state index contributed by atoms with van der Waals surface area (Å²) in [7, 11) is 0. The molecule has 0 fully saturated rings. The molecule has 0 unspecified atom stereocenters. The molecule has 3 aromatic carbocycles. The average Bonchev–Trinajstić information content (AvgIpc) is 3.15. The van der Waals surface area contributed by atoms with Crippen molar-refractivity contribution >= 4 is 22.6 Å². The number of benzene rings is 3. The van der Waals surface area contributed by atoms with Crippen LogP contribution in [0.3, 0.4) is 0 Å². The summed E-state index contributed by atoms with van der Waals surface area (Å²) in [5, 5.41) is 16.5. The highest BCUT2D eigenvalue weighted by molar-refractivity contribution is 6.30. The molecule has 0 aliphatic heterocycles. The van der Waals surface area contributed by atoms with Gasteiger partial charge in [0.2, 0.25) is 0 Å². The van der Waals surface area contributed by atoms with Gasteiger partial charge in [0.05, 0.1) is 28.0 Å². The third-order valence-corrected chi connectivity index (χ3v) is 5.54. The Kier molecular flexibility index (Phi) is 4.74. The van der Waals surface area contributed by atoms with Crippen LogP contribution in [0.5, 0.6) is 0 Å². The quantitative estimate of drug-likeness (QED) is 0.331. The number of aromatic nitrogens is 3. The lowest BCUT2D eigenvalue weighted by atomic mass is 9.93. The SMILES string of the molecule is Cc1nn(-c2ccccc2)c2nc(-c3ccccc3)c(C#N)c(-c3ccc(Cl)cc3)c12. The van der Waals surface area contributed by atoms with Gasteiger partial charge in [-0.1, -0.05) is 72.3 Å². The summed E-state index contributed by atoms with van der Waals surface area (Å²) < 4.78 is 1.84. The Bertz CT molecular complexity index is 1430. The number of nitrogens with zero attached hydrogens (tertiary/aromatic N) is 4. The van der Waals surface area contributed by atoms with E-state index in [1.807, 2.05) is 96.5 Å². The standard InChI is InChI=1S/C26H17ClN4/c1-17-23-24(18-12-14-20(27)15-13-18)22(16-28)25(19-8-4-2-5-9-19)29-26(23)31(30-17)21-10-6-3-7-11-21/h2-15H,1H3. The third kappa shape index (κ3) is 3.26. The van der Waals surface area contributed by atoms with Gasteiger partial charge < -0.3 is 0 Å². The van der Waals surface area contributed by atoms with Gasteiger partial charge in [-0.15, -0.1) is 0 Å². The van der Waals surface area contributed by atoms with Crippen molar-refractivity contribution in [2.45, 2.75) is 6.92 Å². The minimum Gasteiger partial charge on any atom is -0.226 e. The molecule has 0 aliphatic rings. The second-order valence-electron chi connectivity index (χ2n) is 7.23. The van der Waals surface area contributed by atoms with E-state index in [2.05, 4.69) is 6.07 Å². The molecule has 0 N–H and O–H groups in total. The van der Waals surface area contributed by atoms with E-state index in [4.69, 9.17) is 21.7 Å². The van der Waals surface area contributed by atoms with Crippen molar-refractivity contribution in [3.8, 4) is 34.1 Å². The minimum atomic E-state index is 0.525. The molecule has 31 heavy (non-hydrogen) atoms. The van der Waals surface area contributed by atoms with E-state index in [1.54, 1.807) is 0 Å². The molecule has 0 radical (unpaired) electrons. The highest BCUT2D eigenvalue weighted by Gasteiger charge is 2.23. The fraction of sp³-hybridized carbons (Fsp3) is 0.0385. The molecule has 0 atom stereocenters. The van der Waals surface area contributed by atoms with Crippen molar-refractivity contribution in [2.24, 2.45) is 0 Å². The summed E-state index contributed by atoms with van der Waals surface area (Å²) in [5.41, 5.74) is 6.21. The summed E-state index contributed by atoms with van der Waals surface area (Å²) in [6.07, 6.45) is 0. The Hall–Kier alpha value is -3.94. The molecule has 0 bridgehead atoms. The number of aryl methyl sites for hydroxylation is 1. The van der Waals surface area contributed by atoms with Crippen LogP contribution in [0, 0.1) is 18.3 Å². The van der Waals surface area contributed by atoms with Crippen molar-refractivity contribution < 1.29 is 0 Å². The summed E-state index contributed by atoms with van der Waals surface area (Å²) in [6.45, 7) is 1.95. The summed E-state index contributed by atoms with van der Waals surface area (Å²) >= 11 is 6.14. The van der Waals surface area contributed by atoms with Crippen LogP contribution in [-0.4, -0.2) is 14.8 Å². The average molecular weight is 421 g/mol. The van der Waals surface area contributed by atoms with Crippen molar-refractivity contribution in [3.63, 3.8) is 0 Å². The fourth-order valence-corrected chi connectivity index (χ4v) is 4.01. The van der Waals surface area contributed by atoms with Gasteiger partial charge in [-0.05, 0) is 36.8 Å². The van der Waals surface area contributed by atoms with Crippen molar-refractivity contribution in [2.75, 3.05) is 0 Å². The van der Waals surface area contributed by atoms with Crippen LogP contribution in [0.15, 0.2) is 84.9 Å². The van der Waals surface area contributed by atoms with Crippen LogP contribution in [0.4, 0.5) is 0 Å². The third-order valence-electron chi connectivity index (χ3n) is 5.28. The van der Waals surface area contributed by atoms with Gasteiger partial charge in [-0.2, -0.15) is 10.4 Å². The fourth-order valence-electron chi connectivity index (χ4n) is 3.88. The lowest BCUT2D eigenvalue weighted by Gasteiger charge is -2.13. The molecule has 0 spiro atoms. The molecule has 5 aromatic rings. The number of hydrogen-bond acceptors (Lipinski definition) is 3. The molecule has 148 valence electrons. The zero-order valence-corrected chi connectivity index (χ0v) is 17.5. The van der Waals surface area contributed by atoms with Crippen LogP contribution in [0.1, 0.15) is 11.3 Å². The monoisotopic (exact) mass is 420 g/mol. The highest BCUT2D eigenvalue weighted by atomic mass is 35.5. The van der Waals surface area contributed by atoms with Gasteiger partial charge in [0.1, 0.15) is 6.07 Å². The van der Waals surface area contributed by atoms with Crippen molar-refractivity contribution in [1.82, 2.24) is 14.8 Å². The van der Waals surface area contributed by atoms with E-state index in [-0.39, 0.29) is 0 Å². The number of pyridine rings is 1. The maximum Gasteiger partial charge on any atom is 0.164 e. The normalized spacial score (nSPS) is 10.9. The number of rotatable bonds is 3. The highest BCUT2D eigenvalue weighted by Crippen LogP contribution is 2.39. The molecular weight excluding hydrogens is 404 g/mol. The van der Waals surface area contributed by atoms with E-state index in [1.165, 1.54) is 0 Å². The molecule has 4 nitrogen and oxygen atoms in total. The van der Waals surface area contributed by atoms with Crippen molar-refractivity contribution in [1.29, 1.82) is 5.26 Å². The van der Waals surface area contributed by atoms with E-state index in [9.17, 15) is 5.26 Å². The Morgan fingerprint density at radius 2 is 1.48 bits per heavy atom. The molecule has 5 rings (SSSR count). The van der Waals surface area contributed by atoms with Crippen LogP contribution in [0.2, 0.25) is 5.02 Å². The van der Waals surface area contributed by atoms with E-state index in [0.717, 1.165) is 33.5 Å². The summed E-state index contributed by atoms with van der Waals surface area (Å²) in [4.78, 5) is 4.97. The molecule has 2 heterocycles. The number of hydrogen-bond donors (Lipinski definition) is 0. The Morgan fingerprint density at radius 3 is 2.13 bits per heavy atom. The maximum atomic E-state index is 10.2. The van der Waals surface area contributed by atoms with Gasteiger partial charge >= 0.3 is 0 Å². The van der Waals surface area contributed by atoms with Gasteiger partial charge in [-0.25, -0.2) is 9.67 Å². The van der Waals surface area contributed by atoms with Crippen LogP contribution < -0.4 is 0 Å². The Balaban J connectivity index is 1.94. The van der Waals surface area contributed by atoms with Gasteiger partial charge in [0, 0.05) is 16.1 Å². The number of nitriles is 1. The predicted molar refractivity (Wildman–Crippen MR) is 124 cm³/mol. The van der Waals surface area contributed by atoms with Gasteiger partial charge in [0.25, 0.3) is 0 Å². The molecule has 5 heteroatoms. The minimum absolute atomic E-state index is 0.525. The lowest BCUT2D eigenvalue weighted by molar-refractivity contribution is 0.878. The van der Waals surface area contributed by atoms with Gasteiger partial charge in [-0.3, -0.25) is 0 Å². The molecule has 2 aromatic heterocycles. The molecule has 0 aliphatic carbocycles. The summed E-state index contributed by atoms with van der Waals surface area (Å²) in [6, 6.07) is 29.7. The second kappa shape index (κ2) is 7.71.